The van der Waals surface area contributed by atoms with E-state index in [1.165, 1.54) is 0 Å². The van der Waals surface area contributed by atoms with Gasteiger partial charge in [-0.25, -0.2) is 9.67 Å². The molecule has 0 unspecified atom stereocenters. The molecule has 26 heavy (non-hydrogen) atoms. The third-order valence-electron chi connectivity index (χ3n) is 4.97. The number of amides is 1. The first-order valence-corrected chi connectivity index (χ1v) is 8.71. The van der Waals surface area contributed by atoms with Crippen molar-refractivity contribution >= 4 is 5.91 Å². The van der Waals surface area contributed by atoms with Crippen molar-refractivity contribution in [2.24, 2.45) is 12.8 Å². The summed E-state index contributed by atoms with van der Waals surface area (Å²) >= 11 is 0. The number of imidazole rings is 1. The van der Waals surface area contributed by atoms with Gasteiger partial charge < -0.3 is 15.2 Å². The van der Waals surface area contributed by atoms with Crippen LogP contribution in [-0.2, 0) is 18.3 Å². The number of nitrogens with two attached hydrogens (primary N) is 1. The summed E-state index contributed by atoms with van der Waals surface area (Å²) in [7, 11) is 1.96. The molecule has 1 fully saturated rings. The molecule has 0 saturated carbocycles. The van der Waals surface area contributed by atoms with E-state index in [-0.39, 0.29) is 17.9 Å². The predicted octanol–water partition coefficient (Wildman–Crippen LogP) is 1.10. The van der Waals surface area contributed by atoms with Crippen LogP contribution in [0, 0.1) is 0 Å². The summed E-state index contributed by atoms with van der Waals surface area (Å²) in [5, 5.41) is 4.21. The number of hydrogen-bond donors (Lipinski definition) is 1. The van der Waals surface area contributed by atoms with Gasteiger partial charge >= 0.3 is 0 Å². The van der Waals surface area contributed by atoms with E-state index < -0.39 is 0 Å². The monoisotopic (exact) mass is 350 g/mol. The first-order valence-electron chi connectivity index (χ1n) is 8.71. The smallest absolute Gasteiger partial charge is 0.227 e. The first-order chi connectivity index (χ1) is 12.6. The molecule has 2 N–H and O–H groups in total. The quantitative estimate of drug-likeness (QED) is 0.764. The molecule has 0 bridgehead atoms. The lowest BCUT2D eigenvalue weighted by Crippen LogP contribution is -2.33. The summed E-state index contributed by atoms with van der Waals surface area (Å²) in [6, 6.07) is 9.69. The minimum absolute atomic E-state index is 0.0813. The number of likely N-dealkylation sites (tertiary alicyclic amines) is 1. The maximum absolute atomic E-state index is 12.7. The van der Waals surface area contributed by atoms with Crippen LogP contribution in [0.5, 0.6) is 0 Å². The summed E-state index contributed by atoms with van der Waals surface area (Å²) in [5.74, 6) is 1.13. The van der Waals surface area contributed by atoms with Crippen molar-refractivity contribution in [3.63, 3.8) is 0 Å². The Morgan fingerprint density at radius 1 is 1.19 bits per heavy atom. The van der Waals surface area contributed by atoms with Gasteiger partial charge in [-0.3, -0.25) is 4.79 Å². The Hall–Kier alpha value is -2.93. The largest absolute Gasteiger partial charge is 0.340 e. The zero-order chi connectivity index (χ0) is 18.1. The second-order valence-corrected chi connectivity index (χ2v) is 6.76. The highest BCUT2D eigenvalue weighted by Gasteiger charge is 2.35. The van der Waals surface area contributed by atoms with Crippen LogP contribution in [0.4, 0.5) is 0 Å². The van der Waals surface area contributed by atoms with E-state index >= 15 is 0 Å². The fourth-order valence-electron chi connectivity index (χ4n) is 3.51. The molecule has 1 saturated heterocycles. The Balaban J connectivity index is 1.41. The zero-order valence-electron chi connectivity index (χ0n) is 14.7. The van der Waals surface area contributed by atoms with Gasteiger partial charge in [0, 0.05) is 51.0 Å². The van der Waals surface area contributed by atoms with Crippen LogP contribution in [0.2, 0.25) is 0 Å². The highest BCUT2D eigenvalue weighted by molar-refractivity contribution is 5.79. The molecule has 4 rings (SSSR count). The molecule has 2 aromatic heterocycles. The van der Waals surface area contributed by atoms with Crippen LogP contribution in [0.3, 0.4) is 0 Å². The van der Waals surface area contributed by atoms with Crippen LogP contribution in [0.15, 0.2) is 55.1 Å². The topological polar surface area (TPSA) is 82.0 Å². The molecule has 0 aliphatic carbocycles. The molecule has 3 heterocycles. The average molecular weight is 350 g/mol. The van der Waals surface area contributed by atoms with Crippen molar-refractivity contribution in [1.29, 1.82) is 0 Å². The highest BCUT2D eigenvalue weighted by atomic mass is 16.2. The van der Waals surface area contributed by atoms with Crippen LogP contribution < -0.4 is 5.73 Å². The number of nitrogens with zero attached hydrogens (tertiary/aromatic N) is 5. The molecular weight excluding hydrogens is 328 g/mol. The Kier molecular flexibility index (Phi) is 4.30. The predicted molar refractivity (Wildman–Crippen MR) is 97.8 cm³/mol. The Morgan fingerprint density at radius 3 is 2.65 bits per heavy atom. The van der Waals surface area contributed by atoms with Crippen LogP contribution in [0.1, 0.15) is 17.3 Å². The van der Waals surface area contributed by atoms with E-state index in [0.29, 0.717) is 19.5 Å². The molecule has 0 spiro atoms. The van der Waals surface area contributed by atoms with Crippen molar-refractivity contribution in [3.8, 4) is 5.69 Å². The van der Waals surface area contributed by atoms with Crippen molar-refractivity contribution in [2.45, 2.75) is 18.4 Å². The second kappa shape index (κ2) is 6.76. The summed E-state index contributed by atoms with van der Waals surface area (Å²) in [6.45, 7) is 1.19. The molecule has 1 aliphatic rings. The molecule has 7 nitrogen and oxygen atoms in total. The minimum Gasteiger partial charge on any atom is -0.340 e. The van der Waals surface area contributed by atoms with Gasteiger partial charge in [0.25, 0.3) is 0 Å². The van der Waals surface area contributed by atoms with Crippen molar-refractivity contribution in [1.82, 2.24) is 24.2 Å². The van der Waals surface area contributed by atoms with Crippen molar-refractivity contribution < 1.29 is 4.79 Å². The van der Waals surface area contributed by atoms with E-state index in [4.69, 9.17) is 5.73 Å². The summed E-state index contributed by atoms with van der Waals surface area (Å²) in [5.41, 5.74) is 8.24. The Labute approximate surface area is 152 Å². The number of carbonyl (C=O) groups excluding carboxylic acids is 1. The number of aryl methyl sites for hydroxylation is 1. The molecule has 2 atom stereocenters. The lowest BCUT2D eigenvalue weighted by atomic mass is 10.0. The van der Waals surface area contributed by atoms with Gasteiger partial charge in [-0.15, -0.1) is 0 Å². The standard InChI is InChI=1S/C19H22N6O/c1-23-10-8-21-19(23)16-12-24(13-17(16)20)18(26)11-14-3-5-15(6-4-14)25-9-2-7-22-25/h2-10,16-17H,11-13,20H2,1H3/t16-,17-/m1/s1. The Morgan fingerprint density at radius 2 is 2.00 bits per heavy atom. The molecule has 3 aromatic rings. The van der Waals surface area contributed by atoms with Crippen molar-refractivity contribution in [3.05, 3.63) is 66.5 Å². The SMILES string of the molecule is Cn1ccnc1[C@@H]1CN(C(=O)Cc2ccc(-n3cccn3)cc2)C[C@H]1N. The van der Waals surface area contributed by atoms with E-state index in [0.717, 1.165) is 17.1 Å². The summed E-state index contributed by atoms with van der Waals surface area (Å²) in [4.78, 5) is 18.9. The molecular formula is C19H22N6O. The number of aromatic nitrogens is 4. The van der Waals surface area contributed by atoms with Gasteiger partial charge in [0.1, 0.15) is 5.82 Å². The van der Waals surface area contributed by atoms with E-state index in [9.17, 15) is 4.79 Å². The Bertz CT molecular complexity index is 883. The van der Waals surface area contributed by atoms with Crippen LogP contribution in [-0.4, -0.2) is 49.3 Å². The number of benzene rings is 1. The van der Waals surface area contributed by atoms with Crippen LogP contribution >= 0.6 is 0 Å². The number of hydrogen-bond acceptors (Lipinski definition) is 4. The lowest BCUT2D eigenvalue weighted by Gasteiger charge is -2.16. The molecule has 0 radical (unpaired) electrons. The maximum atomic E-state index is 12.7. The first kappa shape index (κ1) is 16.5. The summed E-state index contributed by atoms with van der Waals surface area (Å²) < 4.78 is 3.77. The number of rotatable bonds is 4. The average Bonchev–Trinajstić information content (AvgIpc) is 3.36. The van der Waals surface area contributed by atoms with Crippen LogP contribution in [0.25, 0.3) is 5.69 Å². The van der Waals surface area contributed by atoms with Gasteiger partial charge in [0.15, 0.2) is 0 Å². The van der Waals surface area contributed by atoms with E-state index in [2.05, 4.69) is 10.1 Å². The van der Waals surface area contributed by atoms with Gasteiger partial charge in [-0.2, -0.15) is 5.10 Å². The zero-order valence-corrected chi connectivity index (χ0v) is 14.7. The third kappa shape index (κ3) is 3.13. The molecule has 1 aliphatic heterocycles. The fourth-order valence-corrected chi connectivity index (χ4v) is 3.51. The highest BCUT2D eigenvalue weighted by Crippen LogP contribution is 2.25. The molecule has 1 aromatic carbocycles. The summed E-state index contributed by atoms with van der Waals surface area (Å²) in [6.07, 6.45) is 7.69. The van der Waals surface area contributed by atoms with Crippen molar-refractivity contribution in [2.75, 3.05) is 13.1 Å². The van der Waals surface area contributed by atoms with Gasteiger partial charge in [0.05, 0.1) is 18.0 Å². The van der Waals surface area contributed by atoms with E-state index in [1.807, 2.05) is 59.2 Å². The van der Waals surface area contributed by atoms with Gasteiger partial charge in [0.2, 0.25) is 5.91 Å². The fraction of sp³-hybridized carbons (Fsp3) is 0.316. The maximum Gasteiger partial charge on any atom is 0.227 e. The normalized spacial score (nSPS) is 19.8. The van der Waals surface area contributed by atoms with E-state index in [1.54, 1.807) is 17.1 Å². The lowest BCUT2D eigenvalue weighted by molar-refractivity contribution is -0.129. The molecule has 1 amide bonds. The third-order valence-corrected chi connectivity index (χ3v) is 4.97. The molecule has 134 valence electrons. The van der Waals surface area contributed by atoms with Gasteiger partial charge in [-0.05, 0) is 23.8 Å². The second-order valence-electron chi connectivity index (χ2n) is 6.76. The minimum atomic E-state index is -0.0813. The molecule has 7 heteroatoms. The number of carbonyl (C=O) groups is 1. The van der Waals surface area contributed by atoms with Gasteiger partial charge in [-0.1, -0.05) is 12.1 Å².